The van der Waals surface area contributed by atoms with Crippen LogP contribution in [0.4, 0.5) is 10.5 Å². The van der Waals surface area contributed by atoms with Gasteiger partial charge >= 0.3 is 6.03 Å². The minimum atomic E-state index is 0.00262. The number of hydrogen-bond donors (Lipinski definition) is 1. The fourth-order valence-corrected chi connectivity index (χ4v) is 3.21. The van der Waals surface area contributed by atoms with Crippen molar-refractivity contribution in [1.82, 2.24) is 9.80 Å². The second-order valence-electron chi connectivity index (χ2n) is 6.09. The molecule has 1 N–H and O–H groups in total. The van der Waals surface area contributed by atoms with Gasteiger partial charge in [-0.05, 0) is 37.8 Å². The summed E-state index contributed by atoms with van der Waals surface area (Å²) in [4.78, 5) is 28.4. The van der Waals surface area contributed by atoms with E-state index in [9.17, 15) is 9.59 Å². The van der Waals surface area contributed by atoms with Crippen molar-refractivity contribution in [2.75, 3.05) is 31.5 Å². The summed E-state index contributed by atoms with van der Waals surface area (Å²) >= 11 is 0. The molecule has 2 fully saturated rings. The number of piperidine rings is 1. The molecule has 118 valence electrons. The maximum Gasteiger partial charge on any atom is 0.319 e. The molecule has 0 spiro atoms. The summed E-state index contributed by atoms with van der Waals surface area (Å²) in [7, 11) is 0. The maximum atomic E-state index is 12.3. The molecule has 0 radical (unpaired) electrons. The average Bonchev–Trinajstić information content (AvgIpc) is 3.10. The molecule has 5 nitrogen and oxygen atoms in total. The Balaban J connectivity index is 1.48. The van der Waals surface area contributed by atoms with Crippen molar-refractivity contribution in [3.63, 3.8) is 0 Å². The van der Waals surface area contributed by atoms with E-state index in [2.05, 4.69) is 5.32 Å². The second-order valence-corrected chi connectivity index (χ2v) is 6.09. The average molecular weight is 301 g/mol. The Labute approximate surface area is 131 Å². The van der Waals surface area contributed by atoms with Crippen molar-refractivity contribution < 1.29 is 9.59 Å². The summed E-state index contributed by atoms with van der Waals surface area (Å²) in [5.74, 6) is 0.0716. The first kappa shape index (κ1) is 14.9. The molecule has 2 aliphatic rings. The van der Waals surface area contributed by atoms with Crippen LogP contribution in [0.2, 0.25) is 0 Å². The lowest BCUT2D eigenvalue weighted by Crippen LogP contribution is -2.47. The molecule has 2 saturated heterocycles. The number of benzene rings is 1. The Kier molecular flexibility index (Phi) is 4.61. The van der Waals surface area contributed by atoms with Gasteiger partial charge in [-0.15, -0.1) is 0 Å². The molecule has 3 amide bonds. The van der Waals surface area contributed by atoms with Gasteiger partial charge in [0, 0.05) is 37.8 Å². The molecule has 0 aliphatic carbocycles. The smallest absolute Gasteiger partial charge is 0.319 e. The Hall–Kier alpha value is -2.04. The van der Waals surface area contributed by atoms with Gasteiger partial charge in [0.25, 0.3) is 0 Å². The van der Waals surface area contributed by atoms with E-state index in [-0.39, 0.29) is 17.9 Å². The van der Waals surface area contributed by atoms with E-state index in [1.807, 2.05) is 40.1 Å². The third-order valence-electron chi connectivity index (χ3n) is 4.55. The van der Waals surface area contributed by atoms with E-state index < -0.39 is 0 Å². The molecule has 5 heteroatoms. The highest BCUT2D eigenvalue weighted by atomic mass is 16.2. The fourth-order valence-electron chi connectivity index (χ4n) is 3.21. The lowest BCUT2D eigenvalue weighted by atomic mass is 9.96. The summed E-state index contributed by atoms with van der Waals surface area (Å²) < 4.78 is 0. The molecule has 22 heavy (non-hydrogen) atoms. The zero-order valence-electron chi connectivity index (χ0n) is 12.8. The highest BCUT2D eigenvalue weighted by molar-refractivity contribution is 5.92. The summed E-state index contributed by atoms with van der Waals surface area (Å²) in [6.45, 7) is 3.13. The van der Waals surface area contributed by atoms with Crippen molar-refractivity contribution in [3.8, 4) is 0 Å². The molecular formula is C17H23N3O2. The highest BCUT2D eigenvalue weighted by Gasteiger charge is 2.30. The summed E-state index contributed by atoms with van der Waals surface area (Å²) in [6.07, 6.45) is 3.72. The van der Waals surface area contributed by atoms with Gasteiger partial charge in [-0.2, -0.15) is 0 Å². The molecule has 1 aromatic rings. The molecule has 0 atom stereocenters. The van der Waals surface area contributed by atoms with Gasteiger partial charge < -0.3 is 15.1 Å². The molecule has 3 rings (SSSR count). The minimum Gasteiger partial charge on any atom is -0.326 e. The number of rotatable bonds is 2. The number of para-hydroxylation sites is 1. The molecule has 0 bridgehead atoms. The van der Waals surface area contributed by atoms with E-state index in [0.717, 1.165) is 44.5 Å². The number of amides is 3. The number of carbonyl (C=O) groups is 2. The standard InChI is InChI=1S/C17H23N3O2/c21-16(18-15-6-2-1-3-7-15)14-8-12-20(13-9-14)17(22)19-10-4-5-11-19/h1-3,6-7,14H,4-5,8-13H2,(H,18,21). The fraction of sp³-hybridized carbons (Fsp3) is 0.529. The van der Waals surface area contributed by atoms with Gasteiger partial charge in [-0.3, -0.25) is 4.79 Å². The zero-order valence-corrected chi connectivity index (χ0v) is 12.8. The SMILES string of the molecule is O=C(Nc1ccccc1)C1CCN(C(=O)N2CCCC2)CC1. The molecular weight excluding hydrogens is 278 g/mol. The van der Waals surface area contributed by atoms with Gasteiger partial charge in [-0.25, -0.2) is 4.79 Å². The van der Waals surface area contributed by atoms with E-state index in [1.165, 1.54) is 0 Å². The van der Waals surface area contributed by atoms with Gasteiger partial charge in [0.15, 0.2) is 0 Å². The predicted octanol–water partition coefficient (Wildman–Crippen LogP) is 2.55. The first-order valence-electron chi connectivity index (χ1n) is 8.14. The van der Waals surface area contributed by atoms with Crippen LogP contribution in [-0.2, 0) is 4.79 Å². The third kappa shape index (κ3) is 3.40. The van der Waals surface area contributed by atoms with Crippen molar-refractivity contribution in [2.45, 2.75) is 25.7 Å². The molecule has 2 aliphatic heterocycles. The summed E-state index contributed by atoms with van der Waals surface area (Å²) in [5.41, 5.74) is 0.836. The number of likely N-dealkylation sites (tertiary alicyclic amines) is 2. The Morgan fingerprint density at radius 2 is 1.50 bits per heavy atom. The molecule has 0 saturated carbocycles. The number of urea groups is 1. The Morgan fingerprint density at radius 3 is 2.14 bits per heavy atom. The second kappa shape index (κ2) is 6.81. The lowest BCUT2D eigenvalue weighted by Gasteiger charge is -2.34. The Morgan fingerprint density at radius 1 is 0.909 bits per heavy atom. The van der Waals surface area contributed by atoms with Crippen LogP contribution in [0.15, 0.2) is 30.3 Å². The van der Waals surface area contributed by atoms with Crippen molar-refractivity contribution in [1.29, 1.82) is 0 Å². The van der Waals surface area contributed by atoms with Crippen LogP contribution in [0.5, 0.6) is 0 Å². The maximum absolute atomic E-state index is 12.3. The number of nitrogens with zero attached hydrogens (tertiary/aromatic N) is 2. The number of hydrogen-bond acceptors (Lipinski definition) is 2. The molecule has 0 aromatic heterocycles. The van der Waals surface area contributed by atoms with Crippen molar-refractivity contribution >= 4 is 17.6 Å². The largest absolute Gasteiger partial charge is 0.326 e. The monoisotopic (exact) mass is 301 g/mol. The van der Waals surface area contributed by atoms with E-state index >= 15 is 0 Å². The zero-order chi connectivity index (χ0) is 15.4. The van der Waals surface area contributed by atoms with Crippen LogP contribution in [0, 0.1) is 5.92 Å². The van der Waals surface area contributed by atoms with E-state index in [4.69, 9.17) is 0 Å². The van der Waals surface area contributed by atoms with Crippen molar-refractivity contribution in [2.24, 2.45) is 5.92 Å². The number of carbonyl (C=O) groups excluding carboxylic acids is 2. The van der Waals surface area contributed by atoms with Crippen molar-refractivity contribution in [3.05, 3.63) is 30.3 Å². The highest BCUT2D eigenvalue weighted by Crippen LogP contribution is 2.21. The molecule has 2 heterocycles. The number of nitrogens with one attached hydrogen (secondary N) is 1. The normalized spacial score (nSPS) is 19.3. The first-order chi connectivity index (χ1) is 10.7. The van der Waals surface area contributed by atoms with Crippen LogP contribution in [0.1, 0.15) is 25.7 Å². The van der Waals surface area contributed by atoms with Gasteiger partial charge in [-0.1, -0.05) is 18.2 Å². The third-order valence-corrected chi connectivity index (χ3v) is 4.55. The molecule has 0 unspecified atom stereocenters. The lowest BCUT2D eigenvalue weighted by molar-refractivity contribution is -0.121. The van der Waals surface area contributed by atoms with Crippen LogP contribution in [0.3, 0.4) is 0 Å². The topological polar surface area (TPSA) is 52.7 Å². The van der Waals surface area contributed by atoms with Crippen LogP contribution in [0.25, 0.3) is 0 Å². The van der Waals surface area contributed by atoms with E-state index in [0.29, 0.717) is 13.1 Å². The first-order valence-corrected chi connectivity index (χ1v) is 8.14. The number of anilines is 1. The van der Waals surface area contributed by atoms with Crippen LogP contribution in [-0.4, -0.2) is 47.9 Å². The van der Waals surface area contributed by atoms with Crippen LogP contribution >= 0.6 is 0 Å². The minimum absolute atomic E-state index is 0.00262. The van der Waals surface area contributed by atoms with Gasteiger partial charge in [0.1, 0.15) is 0 Å². The Bertz CT molecular complexity index is 518. The predicted molar refractivity (Wildman–Crippen MR) is 85.6 cm³/mol. The summed E-state index contributed by atoms with van der Waals surface area (Å²) in [5, 5.41) is 2.96. The van der Waals surface area contributed by atoms with E-state index in [1.54, 1.807) is 0 Å². The van der Waals surface area contributed by atoms with Gasteiger partial charge in [0.05, 0.1) is 0 Å². The summed E-state index contributed by atoms with van der Waals surface area (Å²) in [6, 6.07) is 9.69. The quantitative estimate of drug-likeness (QED) is 0.912. The van der Waals surface area contributed by atoms with Crippen LogP contribution < -0.4 is 5.32 Å². The van der Waals surface area contributed by atoms with Gasteiger partial charge in [0.2, 0.25) is 5.91 Å². The molecule has 1 aromatic carbocycles.